The van der Waals surface area contributed by atoms with E-state index in [1.165, 1.54) is 0 Å². The van der Waals surface area contributed by atoms with Crippen LogP contribution in [0.2, 0.25) is 0 Å². The summed E-state index contributed by atoms with van der Waals surface area (Å²) in [6.45, 7) is 3.79. The minimum Gasteiger partial charge on any atom is -0.481 e. The fourth-order valence-electron chi connectivity index (χ4n) is 3.46. The van der Waals surface area contributed by atoms with Gasteiger partial charge >= 0.3 is 5.97 Å². The van der Waals surface area contributed by atoms with Crippen LogP contribution in [-0.2, 0) is 4.79 Å². The molecule has 132 valence electrons. The van der Waals surface area contributed by atoms with Gasteiger partial charge in [-0.15, -0.1) is 5.10 Å². The second-order valence-corrected chi connectivity index (χ2v) is 6.78. The Kier molecular flexibility index (Phi) is 4.57. The normalized spacial score (nSPS) is 15.9. The fourth-order valence-corrected chi connectivity index (χ4v) is 3.46. The quantitative estimate of drug-likeness (QED) is 0.869. The first-order valence-electron chi connectivity index (χ1n) is 8.44. The van der Waals surface area contributed by atoms with Gasteiger partial charge in [0, 0.05) is 0 Å². The van der Waals surface area contributed by atoms with Crippen LogP contribution in [0, 0.1) is 13.8 Å². The van der Waals surface area contributed by atoms with Crippen molar-refractivity contribution in [3.05, 3.63) is 41.2 Å². The smallest absolute Gasteiger partial charge is 0.305 e. The number of carbonyl (C=O) groups excluding carboxylic acids is 1. The van der Waals surface area contributed by atoms with Gasteiger partial charge in [0.05, 0.1) is 23.3 Å². The van der Waals surface area contributed by atoms with Crippen molar-refractivity contribution in [2.45, 2.75) is 51.5 Å². The third kappa shape index (κ3) is 3.55. The number of hydrogen-bond acceptors (Lipinski definition) is 4. The Morgan fingerprint density at radius 3 is 2.44 bits per heavy atom. The van der Waals surface area contributed by atoms with E-state index in [4.69, 9.17) is 5.11 Å². The van der Waals surface area contributed by atoms with Gasteiger partial charge in [-0.1, -0.05) is 35.8 Å². The number of nitrogens with zero attached hydrogens (tertiary/aromatic N) is 3. The summed E-state index contributed by atoms with van der Waals surface area (Å²) >= 11 is 0. The van der Waals surface area contributed by atoms with Crippen LogP contribution in [0.5, 0.6) is 0 Å². The lowest BCUT2D eigenvalue weighted by Crippen LogP contribution is -2.48. The van der Waals surface area contributed by atoms with Crippen LogP contribution < -0.4 is 5.32 Å². The number of amides is 1. The number of carboxylic acid groups (broad SMARTS) is 1. The van der Waals surface area contributed by atoms with Crippen LogP contribution >= 0.6 is 0 Å². The molecule has 7 heteroatoms. The molecule has 0 atom stereocenters. The molecule has 1 aromatic heterocycles. The van der Waals surface area contributed by atoms with Gasteiger partial charge < -0.3 is 10.4 Å². The number of aromatic nitrogens is 3. The number of aryl methyl sites for hydroxylation is 1. The van der Waals surface area contributed by atoms with Crippen molar-refractivity contribution < 1.29 is 14.7 Å². The van der Waals surface area contributed by atoms with Crippen molar-refractivity contribution in [2.24, 2.45) is 0 Å². The van der Waals surface area contributed by atoms with Crippen LogP contribution in [-0.4, -0.2) is 37.5 Å². The molecule has 1 saturated carbocycles. The zero-order valence-corrected chi connectivity index (χ0v) is 14.5. The van der Waals surface area contributed by atoms with E-state index in [9.17, 15) is 9.59 Å². The Morgan fingerprint density at radius 2 is 1.84 bits per heavy atom. The zero-order valence-electron chi connectivity index (χ0n) is 14.5. The first kappa shape index (κ1) is 17.1. The van der Waals surface area contributed by atoms with Gasteiger partial charge in [0.1, 0.15) is 0 Å². The lowest BCUT2D eigenvalue weighted by molar-refractivity contribution is -0.138. The highest BCUT2D eigenvalue weighted by Gasteiger charge is 2.38. The summed E-state index contributed by atoms with van der Waals surface area (Å²) in [5.74, 6) is -1.26. The number of nitrogens with one attached hydrogen (secondary N) is 1. The van der Waals surface area contributed by atoms with Gasteiger partial charge in [0.25, 0.3) is 5.91 Å². The highest BCUT2D eigenvalue weighted by molar-refractivity contribution is 5.94. The zero-order chi connectivity index (χ0) is 18.0. The average Bonchev–Trinajstić information content (AvgIpc) is 3.14. The molecule has 1 heterocycles. The predicted octanol–water partition coefficient (Wildman–Crippen LogP) is 2.40. The minimum absolute atomic E-state index is 0.0656. The molecular formula is C18H22N4O3. The average molecular weight is 342 g/mol. The summed E-state index contributed by atoms with van der Waals surface area (Å²) in [5.41, 5.74) is 2.15. The maximum absolute atomic E-state index is 12.7. The van der Waals surface area contributed by atoms with Crippen LogP contribution in [0.15, 0.2) is 24.3 Å². The Morgan fingerprint density at radius 1 is 1.20 bits per heavy atom. The lowest BCUT2D eigenvalue weighted by atomic mass is 9.93. The molecule has 0 spiro atoms. The number of rotatable bonds is 5. The number of carbonyl (C=O) groups is 2. The van der Waals surface area contributed by atoms with Crippen molar-refractivity contribution >= 4 is 11.9 Å². The number of hydrogen-bond donors (Lipinski definition) is 2. The number of aliphatic carboxylic acids is 1. The van der Waals surface area contributed by atoms with E-state index in [0.717, 1.165) is 24.1 Å². The molecule has 2 aromatic rings. The maximum atomic E-state index is 12.7. The molecule has 1 aromatic carbocycles. The molecule has 25 heavy (non-hydrogen) atoms. The van der Waals surface area contributed by atoms with Crippen LogP contribution in [0.1, 0.15) is 53.8 Å². The van der Waals surface area contributed by atoms with Gasteiger partial charge in [0.2, 0.25) is 0 Å². The Labute approximate surface area is 146 Å². The molecule has 1 aliphatic rings. The topological polar surface area (TPSA) is 97.1 Å². The molecule has 0 saturated heterocycles. The van der Waals surface area contributed by atoms with Gasteiger partial charge in [-0.25, -0.2) is 4.68 Å². The van der Waals surface area contributed by atoms with Crippen molar-refractivity contribution in [2.75, 3.05) is 0 Å². The van der Waals surface area contributed by atoms with Gasteiger partial charge in [-0.05, 0) is 38.8 Å². The molecule has 2 N–H and O–H groups in total. The van der Waals surface area contributed by atoms with Crippen LogP contribution in [0.3, 0.4) is 0 Å². The van der Waals surface area contributed by atoms with Gasteiger partial charge in [-0.2, -0.15) is 0 Å². The van der Waals surface area contributed by atoms with E-state index in [1.54, 1.807) is 11.6 Å². The second-order valence-electron chi connectivity index (χ2n) is 6.78. The fraction of sp³-hybridized carbons (Fsp3) is 0.444. The predicted molar refractivity (Wildman–Crippen MR) is 91.8 cm³/mol. The second kappa shape index (κ2) is 6.66. The molecule has 7 nitrogen and oxygen atoms in total. The maximum Gasteiger partial charge on any atom is 0.305 e. The van der Waals surface area contributed by atoms with Crippen molar-refractivity contribution in [3.63, 3.8) is 0 Å². The molecule has 0 aliphatic heterocycles. The summed E-state index contributed by atoms with van der Waals surface area (Å²) in [4.78, 5) is 23.9. The molecule has 1 fully saturated rings. The van der Waals surface area contributed by atoms with E-state index in [-0.39, 0.29) is 18.0 Å². The SMILES string of the molecule is Cc1ccc(-n2nnc(C(=O)NC3(CC(=O)O)CCCC3)c2C)cc1. The molecule has 1 aliphatic carbocycles. The molecule has 0 unspecified atom stereocenters. The highest BCUT2D eigenvalue weighted by Crippen LogP contribution is 2.33. The largest absolute Gasteiger partial charge is 0.481 e. The first-order chi connectivity index (χ1) is 11.9. The third-order valence-corrected chi connectivity index (χ3v) is 4.82. The summed E-state index contributed by atoms with van der Waals surface area (Å²) in [6, 6.07) is 7.77. The summed E-state index contributed by atoms with van der Waals surface area (Å²) in [7, 11) is 0. The number of benzene rings is 1. The van der Waals surface area contributed by atoms with E-state index in [2.05, 4.69) is 15.6 Å². The van der Waals surface area contributed by atoms with Gasteiger partial charge in [-0.3, -0.25) is 9.59 Å². The monoisotopic (exact) mass is 342 g/mol. The summed E-state index contributed by atoms with van der Waals surface area (Å²) in [5, 5.41) is 20.2. The molecule has 0 bridgehead atoms. The van der Waals surface area contributed by atoms with E-state index < -0.39 is 11.5 Å². The Balaban J connectivity index is 1.83. The van der Waals surface area contributed by atoms with E-state index >= 15 is 0 Å². The highest BCUT2D eigenvalue weighted by atomic mass is 16.4. The van der Waals surface area contributed by atoms with Crippen LogP contribution in [0.4, 0.5) is 0 Å². The molecular weight excluding hydrogens is 320 g/mol. The summed E-state index contributed by atoms with van der Waals surface area (Å²) < 4.78 is 1.62. The standard InChI is InChI=1S/C18H22N4O3/c1-12-5-7-14(8-6-12)22-13(2)16(20-21-22)17(25)19-18(11-15(23)24)9-3-4-10-18/h5-8H,3-4,9-11H2,1-2H3,(H,19,25)(H,23,24). The molecule has 1 amide bonds. The lowest BCUT2D eigenvalue weighted by Gasteiger charge is -2.28. The van der Waals surface area contributed by atoms with E-state index in [0.29, 0.717) is 18.5 Å². The molecule has 0 radical (unpaired) electrons. The first-order valence-corrected chi connectivity index (χ1v) is 8.44. The third-order valence-electron chi connectivity index (χ3n) is 4.82. The molecule has 3 rings (SSSR count). The Hall–Kier alpha value is -2.70. The van der Waals surface area contributed by atoms with Crippen molar-refractivity contribution in [1.82, 2.24) is 20.3 Å². The van der Waals surface area contributed by atoms with Crippen molar-refractivity contribution in [3.8, 4) is 5.69 Å². The minimum atomic E-state index is -0.901. The van der Waals surface area contributed by atoms with Gasteiger partial charge in [0.15, 0.2) is 5.69 Å². The Bertz CT molecular complexity index is 789. The van der Waals surface area contributed by atoms with Crippen molar-refractivity contribution in [1.29, 1.82) is 0 Å². The summed E-state index contributed by atoms with van der Waals surface area (Å²) in [6.07, 6.45) is 3.13. The van der Waals surface area contributed by atoms with Crippen LogP contribution in [0.25, 0.3) is 5.69 Å². The van der Waals surface area contributed by atoms with E-state index in [1.807, 2.05) is 31.2 Å². The number of carboxylic acids is 1.